The van der Waals surface area contributed by atoms with Gasteiger partial charge in [0.1, 0.15) is 5.82 Å². The molecule has 0 radical (unpaired) electrons. The zero-order valence-corrected chi connectivity index (χ0v) is 15.1. The number of hydrogen-bond donors (Lipinski definition) is 0. The van der Waals surface area contributed by atoms with E-state index in [-0.39, 0.29) is 0 Å². The van der Waals surface area contributed by atoms with E-state index in [4.69, 9.17) is 4.74 Å². The zero-order chi connectivity index (χ0) is 17.5. The highest BCUT2D eigenvalue weighted by atomic mass is 16.5. The first-order valence-corrected chi connectivity index (χ1v) is 9.41. The fourth-order valence-electron chi connectivity index (χ4n) is 4.25. The highest BCUT2D eigenvalue weighted by Gasteiger charge is 2.49. The second-order valence-electron chi connectivity index (χ2n) is 7.61. The van der Waals surface area contributed by atoms with Crippen LogP contribution in [0.15, 0.2) is 42.6 Å². The number of hydrogen-bond acceptors (Lipinski definition) is 4. The van der Waals surface area contributed by atoms with Crippen molar-refractivity contribution in [1.82, 2.24) is 9.88 Å². The van der Waals surface area contributed by atoms with Crippen LogP contribution in [0.4, 0.5) is 5.82 Å². The second kappa shape index (κ2) is 6.42. The lowest BCUT2D eigenvalue weighted by Crippen LogP contribution is -2.74. The van der Waals surface area contributed by atoms with Crippen LogP contribution in [0.1, 0.15) is 23.1 Å². The van der Waals surface area contributed by atoms with E-state index in [1.165, 1.54) is 12.0 Å². The molecule has 132 valence electrons. The lowest BCUT2D eigenvalue weighted by Gasteiger charge is -2.60. The van der Waals surface area contributed by atoms with E-state index in [1.807, 2.05) is 6.20 Å². The van der Waals surface area contributed by atoms with Gasteiger partial charge in [0.15, 0.2) is 0 Å². The lowest BCUT2D eigenvalue weighted by molar-refractivity contribution is -0.141. The number of benzene rings is 1. The topological polar surface area (TPSA) is 28.6 Å². The lowest BCUT2D eigenvalue weighted by atomic mass is 9.85. The quantitative estimate of drug-likeness (QED) is 0.782. The number of piperazine rings is 1. The minimum Gasteiger partial charge on any atom is -0.378 e. The van der Waals surface area contributed by atoms with Gasteiger partial charge in [-0.15, -0.1) is 0 Å². The zero-order valence-electron chi connectivity index (χ0n) is 15.1. The number of rotatable bonds is 2. The molecule has 0 spiro atoms. The third kappa shape index (κ3) is 2.88. The molecular weight excluding hydrogens is 322 g/mol. The van der Waals surface area contributed by atoms with Gasteiger partial charge in [-0.05, 0) is 37.6 Å². The predicted octanol–water partition coefficient (Wildman–Crippen LogP) is 2.45. The van der Waals surface area contributed by atoms with Crippen molar-refractivity contribution in [2.24, 2.45) is 0 Å². The van der Waals surface area contributed by atoms with Crippen LogP contribution in [0.5, 0.6) is 0 Å². The van der Waals surface area contributed by atoms with Gasteiger partial charge in [0.05, 0.1) is 19.3 Å². The predicted molar refractivity (Wildman–Crippen MR) is 102 cm³/mol. The van der Waals surface area contributed by atoms with Crippen molar-refractivity contribution < 1.29 is 4.74 Å². The summed E-state index contributed by atoms with van der Waals surface area (Å²) in [5.41, 5.74) is 3.25. The summed E-state index contributed by atoms with van der Waals surface area (Å²) in [4.78, 5) is 9.76. The molecule has 0 amide bonds. The van der Waals surface area contributed by atoms with Crippen molar-refractivity contribution in [3.05, 3.63) is 59.3 Å². The number of ether oxygens (including phenoxy) is 1. The number of piperidine rings is 1. The Morgan fingerprint density at radius 2 is 1.62 bits per heavy atom. The fourth-order valence-corrected chi connectivity index (χ4v) is 4.25. The molecule has 6 rings (SSSR count). The van der Waals surface area contributed by atoms with Crippen molar-refractivity contribution in [2.45, 2.75) is 31.5 Å². The van der Waals surface area contributed by atoms with Gasteiger partial charge < -0.3 is 9.64 Å². The SMILES string of the molecule is Cc1ccc(C#Cc2ccc(N3CC4CC(C3)N4C3COC3)nc2)cc1. The van der Waals surface area contributed by atoms with Crippen LogP contribution in [-0.4, -0.2) is 54.3 Å². The molecule has 2 bridgehead atoms. The molecule has 2 atom stereocenters. The molecule has 4 aliphatic rings. The van der Waals surface area contributed by atoms with Crippen LogP contribution in [0.3, 0.4) is 0 Å². The first kappa shape index (κ1) is 15.9. The molecule has 2 unspecified atom stereocenters. The molecule has 4 aliphatic heterocycles. The van der Waals surface area contributed by atoms with Crippen LogP contribution in [0.2, 0.25) is 0 Å². The van der Waals surface area contributed by atoms with E-state index in [0.29, 0.717) is 18.1 Å². The van der Waals surface area contributed by atoms with Crippen LogP contribution in [-0.2, 0) is 4.74 Å². The van der Waals surface area contributed by atoms with Crippen molar-refractivity contribution in [1.29, 1.82) is 0 Å². The highest BCUT2D eigenvalue weighted by Crippen LogP contribution is 2.37. The largest absolute Gasteiger partial charge is 0.378 e. The summed E-state index contributed by atoms with van der Waals surface area (Å²) >= 11 is 0. The Morgan fingerprint density at radius 3 is 2.23 bits per heavy atom. The molecule has 1 aromatic heterocycles. The summed E-state index contributed by atoms with van der Waals surface area (Å²) in [6.45, 7) is 6.07. The van der Waals surface area contributed by atoms with E-state index >= 15 is 0 Å². The molecule has 0 aliphatic carbocycles. The number of aryl methyl sites for hydroxylation is 1. The third-order valence-corrected chi connectivity index (χ3v) is 5.77. The summed E-state index contributed by atoms with van der Waals surface area (Å²) < 4.78 is 5.36. The van der Waals surface area contributed by atoms with Crippen molar-refractivity contribution >= 4 is 5.82 Å². The van der Waals surface area contributed by atoms with Gasteiger partial charge in [0.2, 0.25) is 0 Å². The molecule has 1 aromatic carbocycles. The van der Waals surface area contributed by atoms with Gasteiger partial charge in [-0.25, -0.2) is 4.98 Å². The van der Waals surface area contributed by atoms with Crippen molar-refractivity contribution in [2.75, 3.05) is 31.2 Å². The first-order chi connectivity index (χ1) is 12.8. The maximum atomic E-state index is 5.36. The number of anilines is 1. The van der Waals surface area contributed by atoms with Gasteiger partial charge in [-0.3, -0.25) is 4.90 Å². The molecule has 0 N–H and O–H groups in total. The van der Waals surface area contributed by atoms with Gasteiger partial charge >= 0.3 is 0 Å². The molecule has 4 nitrogen and oxygen atoms in total. The highest BCUT2D eigenvalue weighted by molar-refractivity contribution is 5.47. The molecule has 26 heavy (non-hydrogen) atoms. The maximum absolute atomic E-state index is 5.36. The Kier molecular flexibility index (Phi) is 3.92. The van der Waals surface area contributed by atoms with Crippen LogP contribution in [0.25, 0.3) is 0 Å². The summed E-state index contributed by atoms with van der Waals surface area (Å²) in [6, 6.07) is 14.5. The van der Waals surface area contributed by atoms with Gasteiger partial charge in [-0.2, -0.15) is 0 Å². The Balaban J connectivity index is 1.24. The molecule has 0 saturated carbocycles. The molecular formula is C22H23N3O. The van der Waals surface area contributed by atoms with Gasteiger partial charge in [0.25, 0.3) is 0 Å². The number of fused-ring (bicyclic) bond motifs is 2. The summed E-state index contributed by atoms with van der Waals surface area (Å²) in [5.74, 6) is 7.50. The van der Waals surface area contributed by atoms with E-state index < -0.39 is 0 Å². The third-order valence-electron chi connectivity index (χ3n) is 5.77. The number of pyridine rings is 1. The minimum atomic E-state index is 0.660. The second-order valence-corrected chi connectivity index (χ2v) is 7.61. The van der Waals surface area contributed by atoms with Crippen LogP contribution in [0, 0.1) is 18.8 Å². The van der Waals surface area contributed by atoms with Gasteiger partial charge in [0, 0.05) is 42.5 Å². The Bertz CT molecular complexity index is 834. The Labute approximate surface area is 154 Å². The number of nitrogens with zero attached hydrogens (tertiary/aromatic N) is 3. The average Bonchev–Trinajstić information content (AvgIpc) is 2.64. The number of aromatic nitrogens is 1. The Hall–Kier alpha value is -2.35. The van der Waals surface area contributed by atoms with Crippen LogP contribution < -0.4 is 4.90 Å². The monoisotopic (exact) mass is 345 g/mol. The molecule has 4 heteroatoms. The molecule has 4 fully saturated rings. The first-order valence-electron chi connectivity index (χ1n) is 9.41. The standard InChI is InChI=1S/C22H23N3O/c1-16-2-4-17(5-3-16)6-7-18-8-9-22(23-11-18)24-12-19-10-20(13-24)25(19)21-14-26-15-21/h2-5,8-9,11,19-21H,10,12-15H2,1H3. The normalized spacial score (nSPS) is 25.0. The van der Waals surface area contributed by atoms with Crippen molar-refractivity contribution in [3.8, 4) is 11.8 Å². The van der Waals surface area contributed by atoms with Crippen molar-refractivity contribution in [3.63, 3.8) is 0 Å². The summed E-state index contributed by atoms with van der Waals surface area (Å²) in [5, 5.41) is 0. The smallest absolute Gasteiger partial charge is 0.128 e. The van der Waals surface area contributed by atoms with E-state index in [1.54, 1.807) is 0 Å². The van der Waals surface area contributed by atoms with Gasteiger partial charge in [-0.1, -0.05) is 29.5 Å². The van der Waals surface area contributed by atoms with E-state index in [0.717, 1.165) is 43.2 Å². The Morgan fingerprint density at radius 1 is 0.923 bits per heavy atom. The van der Waals surface area contributed by atoms with E-state index in [2.05, 4.69) is 69.9 Å². The van der Waals surface area contributed by atoms with E-state index in [9.17, 15) is 0 Å². The molecule has 4 saturated heterocycles. The fraction of sp³-hybridized carbons (Fsp3) is 0.409. The minimum absolute atomic E-state index is 0.660. The summed E-state index contributed by atoms with van der Waals surface area (Å²) in [6.07, 6.45) is 3.22. The molecule has 2 aromatic rings. The maximum Gasteiger partial charge on any atom is 0.128 e. The average molecular weight is 345 g/mol. The van der Waals surface area contributed by atoms with Crippen LogP contribution >= 0.6 is 0 Å². The summed E-state index contributed by atoms with van der Waals surface area (Å²) in [7, 11) is 0. The molecule has 5 heterocycles.